The Morgan fingerprint density at radius 1 is 1.29 bits per heavy atom. The van der Waals surface area contributed by atoms with Crippen molar-refractivity contribution in [3.63, 3.8) is 0 Å². The highest BCUT2D eigenvalue weighted by Crippen LogP contribution is 2.34. The molecule has 0 fully saturated rings. The maximum Gasteiger partial charge on any atom is 0.511 e. The van der Waals surface area contributed by atoms with Crippen molar-refractivity contribution in [2.75, 3.05) is 0 Å². The predicted molar refractivity (Wildman–Crippen MR) is 72.2 cm³/mol. The van der Waals surface area contributed by atoms with E-state index in [-0.39, 0.29) is 16.1 Å². The molecule has 0 aliphatic heterocycles. The van der Waals surface area contributed by atoms with E-state index in [0.29, 0.717) is 0 Å². The highest BCUT2D eigenvalue weighted by molar-refractivity contribution is 6.30. The monoisotopic (exact) mass is 311 g/mol. The maximum atomic E-state index is 13.8. The molecular weight excluding hydrogens is 305 g/mol. The third-order valence-electron chi connectivity index (χ3n) is 2.60. The van der Waals surface area contributed by atoms with Gasteiger partial charge in [0.15, 0.2) is 0 Å². The summed E-state index contributed by atoms with van der Waals surface area (Å²) >= 11 is 5.64. The average molecular weight is 312 g/mol. The van der Waals surface area contributed by atoms with Crippen LogP contribution in [0.25, 0.3) is 11.1 Å². The summed E-state index contributed by atoms with van der Waals surface area (Å²) in [7, 11) is 0. The van der Waals surface area contributed by atoms with Crippen molar-refractivity contribution in [2.24, 2.45) is 0 Å². The lowest BCUT2D eigenvalue weighted by Gasteiger charge is -2.07. The lowest BCUT2D eigenvalue weighted by atomic mass is 10.0. The molecule has 0 amide bonds. The van der Waals surface area contributed by atoms with Gasteiger partial charge in [-0.25, -0.2) is 9.18 Å². The number of rotatable bonds is 3. The second kappa shape index (κ2) is 5.76. The summed E-state index contributed by atoms with van der Waals surface area (Å²) in [4.78, 5) is 20.6. The number of nitrogens with zero attached hydrogens (tertiary/aromatic N) is 1. The lowest BCUT2D eigenvalue weighted by Crippen LogP contribution is -2.05. The first-order valence-electron chi connectivity index (χ1n) is 5.53. The van der Waals surface area contributed by atoms with Crippen LogP contribution in [0.2, 0.25) is 5.02 Å². The number of nitro benzene ring substituents is 1. The molecule has 8 heteroatoms. The second-order valence-corrected chi connectivity index (χ2v) is 4.37. The molecule has 2 aromatic carbocycles. The Morgan fingerprint density at radius 2 is 2.00 bits per heavy atom. The zero-order valence-electron chi connectivity index (χ0n) is 10.2. The van der Waals surface area contributed by atoms with Crippen LogP contribution in [0, 0.1) is 15.9 Å². The molecule has 0 aliphatic rings. The molecule has 0 unspecified atom stereocenters. The summed E-state index contributed by atoms with van der Waals surface area (Å²) in [5.74, 6) is -1.13. The van der Waals surface area contributed by atoms with E-state index in [1.807, 2.05) is 0 Å². The van der Waals surface area contributed by atoms with Crippen LogP contribution in [0.3, 0.4) is 0 Å². The van der Waals surface area contributed by atoms with Crippen molar-refractivity contribution >= 4 is 23.4 Å². The molecule has 6 nitrogen and oxygen atoms in total. The number of hydrogen-bond donors (Lipinski definition) is 1. The van der Waals surface area contributed by atoms with Crippen molar-refractivity contribution in [1.29, 1.82) is 0 Å². The van der Waals surface area contributed by atoms with Crippen LogP contribution in [0.5, 0.6) is 5.75 Å². The van der Waals surface area contributed by atoms with E-state index < -0.39 is 28.3 Å². The smallest absolute Gasteiger partial charge is 0.449 e. The van der Waals surface area contributed by atoms with Crippen LogP contribution in [0.4, 0.5) is 14.9 Å². The first-order chi connectivity index (χ1) is 9.88. The number of carbonyl (C=O) groups is 1. The van der Waals surface area contributed by atoms with Crippen molar-refractivity contribution < 1.29 is 24.0 Å². The third-order valence-corrected chi connectivity index (χ3v) is 2.83. The number of carboxylic acid groups (broad SMARTS) is 1. The molecule has 2 rings (SSSR count). The summed E-state index contributed by atoms with van der Waals surface area (Å²) < 4.78 is 18.2. The van der Waals surface area contributed by atoms with E-state index in [9.17, 15) is 19.3 Å². The van der Waals surface area contributed by atoms with Gasteiger partial charge in [-0.3, -0.25) is 10.1 Å². The van der Waals surface area contributed by atoms with E-state index in [4.69, 9.17) is 16.7 Å². The predicted octanol–water partition coefficient (Wildman–Crippen LogP) is 4.11. The normalized spacial score (nSPS) is 10.2. The molecule has 0 bridgehead atoms. The molecule has 2 aromatic rings. The molecule has 0 heterocycles. The van der Waals surface area contributed by atoms with E-state index in [0.717, 1.165) is 18.2 Å². The van der Waals surface area contributed by atoms with Gasteiger partial charge in [0.1, 0.15) is 5.82 Å². The highest BCUT2D eigenvalue weighted by atomic mass is 35.5. The molecule has 21 heavy (non-hydrogen) atoms. The number of benzene rings is 2. The van der Waals surface area contributed by atoms with Gasteiger partial charge >= 0.3 is 11.8 Å². The molecule has 0 atom stereocenters. The van der Waals surface area contributed by atoms with Crippen molar-refractivity contribution in [2.45, 2.75) is 0 Å². The van der Waals surface area contributed by atoms with Gasteiger partial charge < -0.3 is 9.84 Å². The van der Waals surface area contributed by atoms with Gasteiger partial charge in [-0.2, -0.15) is 0 Å². The summed E-state index contributed by atoms with van der Waals surface area (Å²) in [6.07, 6.45) is -1.70. The average Bonchev–Trinajstić information content (AvgIpc) is 2.37. The van der Waals surface area contributed by atoms with Crippen molar-refractivity contribution in [1.82, 2.24) is 0 Å². The minimum Gasteiger partial charge on any atom is -0.449 e. The van der Waals surface area contributed by atoms with Gasteiger partial charge in [-0.05, 0) is 35.9 Å². The fraction of sp³-hybridized carbons (Fsp3) is 0. The molecule has 0 aromatic heterocycles. The van der Waals surface area contributed by atoms with Crippen molar-refractivity contribution in [3.8, 4) is 16.9 Å². The molecule has 0 saturated carbocycles. The molecule has 0 spiro atoms. The Labute approximate surface area is 122 Å². The first-order valence-corrected chi connectivity index (χ1v) is 5.91. The number of nitro groups is 1. The largest absolute Gasteiger partial charge is 0.511 e. The first kappa shape index (κ1) is 14.7. The van der Waals surface area contributed by atoms with Gasteiger partial charge in [0, 0.05) is 16.7 Å². The molecule has 0 saturated heterocycles. The van der Waals surface area contributed by atoms with Crippen LogP contribution in [0.1, 0.15) is 0 Å². The van der Waals surface area contributed by atoms with Crippen LogP contribution in [-0.2, 0) is 0 Å². The second-order valence-electron chi connectivity index (χ2n) is 3.93. The third kappa shape index (κ3) is 3.26. The molecular formula is C13H7ClFNO5. The Balaban J connectivity index is 2.55. The Bertz CT molecular complexity index is 734. The topological polar surface area (TPSA) is 89.7 Å². The summed E-state index contributed by atoms with van der Waals surface area (Å²) in [5, 5.41) is 19.6. The zero-order chi connectivity index (χ0) is 15.6. The van der Waals surface area contributed by atoms with Gasteiger partial charge in [0.2, 0.25) is 5.75 Å². The highest BCUT2D eigenvalue weighted by Gasteiger charge is 2.19. The maximum absolute atomic E-state index is 13.8. The lowest BCUT2D eigenvalue weighted by molar-refractivity contribution is -0.385. The number of halogens is 2. The van der Waals surface area contributed by atoms with Gasteiger partial charge in [-0.1, -0.05) is 11.6 Å². The van der Waals surface area contributed by atoms with Gasteiger partial charge in [0.25, 0.3) is 0 Å². The Kier molecular flexibility index (Phi) is 4.04. The van der Waals surface area contributed by atoms with E-state index in [1.165, 1.54) is 18.2 Å². The quantitative estimate of drug-likeness (QED) is 0.398. The van der Waals surface area contributed by atoms with Gasteiger partial charge in [0.05, 0.1) is 4.92 Å². The van der Waals surface area contributed by atoms with E-state index >= 15 is 0 Å². The van der Waals surface area contributed by atoms with E-state index in [2.05, 4.69) is 4.74 Å². The van der Waals surface area contributed by atoms with Crippen LogP contribution in [-0.4, -0.2) is 16.2 Å². The Morgan fingerprint density at radius 3 is 2.57 bits per heavy atom. The standard InChI is InChI=1S/C13H7ClFNO5/c14-8-2-3-9(10(15)6-8)7-1-4-11(16(19)20)12(5-7)21-13(17)18/h1-6H,(H,17,18). The van der Waals surface area contributed by atoms with Crippen LogP contribution in [0.15, 0.2) is 36.4 Å². The van der Waals surface area contributed by atoms with Crippen LogP contribution < -0.4 is 4.74 Å². The van der Waals surface area contributed by atoms with E-state index in [1.54, 1.807) is 0 Å². The SMILES string of the molecule is O=C(O)Oc1cc(-c2ccc(Cl)cc2F)ccc1[N+](=O)[O-]. The number of hydrogen-bond acceptors (Lipinski definition) is 4. The molecule has 0 radical (unpaired) electrons. The molecule has 0 aliphatic carbocycles. The summed E-state index contributed by atoms with van der Waals surface area (Å²) in [5.41, 5.74) is -0.189. The van der Waals surface area contributed by atoms with Gasteiger partial charge in [-0.15, -0.1) is 0 Å². The minimum atomic E-state index is -1.70. The minimum absolute atomic E-state index is 0.115. The summed E-state index contributed by atoms with van der Waals surface area (Å²) in [6.45, 7) is 0. The molecule has 1 N–H and O–H groups in total. The molecule has 108 valence electrons. The fourth-order valence-electron chi connectivity index (χ4n) is 1.73. The Hall–Kier alpha value is -2.67. The number of ether oxygens (including phenoxy) is 1. The fourth-order valence-corrected chi connectivity index (χ4v) is 1.89. The summed E-state index contributed by atoms with van der Waals surface area (Å²) in [6, 6.07) is 7.32. The van der Waals surface area contributed by atoms with Crippen LogP contribution >= 0.6 is 11.6 Å². The van der Waals surface area contributed by atoms with Crippen molar-refractivity contribution in [3.05, 3.63) is 57.4 Å². The zero-order valence-corrected chi connectivity index (χ0v) is 11.0.